The van der Waals surface area contributed by atoms with Crippen molar-refractivity contribution < 1.29 is 9.90 Å². The third-order valence-electron chi connectivity index (χ3n) is 2.63. The largest absolute Gasteiger partial charge is 0.476 e. The lowest BCUT2D eigenvalue weighted by atomic mass is 10.2. The van der Waals surface area contributed by atoms with Crippen molar-refractivity contribution in [2.75, 3.05) is 24.0 Å². The first-order valence-corrected chi connectivity index (χ1v) is 6.74. The van der Waals surface area contributed by atoms with Crippen molar-refractivity contribution in [1.82, 2.24) is 10.2 Å². The zero-order valence-corrected chi connectivity index (χ0v) is 11.1. The fourth-order valence-electron chi connectivity index (χ4n) is 1.34. The number of aromatic carboxylic acids is 1. The van der Waals surface area contributed by atoms with E-state index in [1.807, 2.05) is 23.7 Å². The lowest BCUT2D eigenvalue weighted by Gasteiger charge is -2.25. The minimum absolute atomic E-state index is 0.0288. The van der Waals surface area contributed by atoms with Gasteiger partial charge in [-0.25, -0.2) is 4.79 Å². The molecule has 0 radical (unpaired) electrons. The first kappa shape index (κ1) is 13.8. The van der Waals surface area contributed by atoms with Gasteiger partial charge < -0.3 is 10.0 Å². The molecule has 0 aliphatic carbocycles. The van der Waals surface area contributed by atoms with Gasteiger partial charge in [0.05, 0.1) is 0 Å². The summed E-state index contributed by atoms with van der Waals surface area (Å²) in [5.41, 5.74) is -0.0288. The van der Waals surface area contributed by atoms with Crippen LogP contribution in [0.4, 0.5) is 5.82 Å². The Kier molecular flexibility index (Phi) is 5.21. The molecule has 0 spiro atoms. The normalized spacial score (nSPS) is 12.2. The quantitative estimate of drug-likeness (QED) is 0.835. The van der Waals surface area contributed by atoms with Crippen LogP contribution in [0, 0.1) is 0 Å². The Bertz CT molecular complexity index is 369. The van der Waals surface area contributed by atoms with E-state index in [-0.39, 0.29) is 5.69 Å². The third kappa shape index (κ3) is 3.89. The SMILES string of the molecule is CSCCC(C)N(C)c1ccc(C(=O)O)nn1. The smallest absolute Gasteiger partial charge is 0.356 e. The monoisotopic (exact) mass is 255 g/mol. The van der Waals surface area contributed by atoms with E-state index in [9.17, 15) is 4.79 Å². The van der Waals surface area contributed by atoms with Gasteiger partial charge in [0.25, 0.3) is 0 Å². The molecule has 0 fully saturated rings. The molecule has 17 heavy (non-hydrogen) atoms. The van der Waals surface area contributed by atoms with Gasteiger partial charge in [-0.05, 0) is 37.5 Å². The van der Waals surface area contributed by atoms with Gasteiger partial charge in [0, 0.05) is 13.1 Å². The van der Waals surface area contributed by atoms with Crippen LogP contribution in [0.3, 0.4) is 0 Å². The van der Waals surface area contributed by atoms with Gasteiger partial charge in [0.15, 0.2) is 11.5 Å². The molecule has 0 amide bonds. The van der Waals surface area contributed by atoms with E-state index in [0.717, 1.165) is 12.2 Å². The average Bonchev–Trinajstić information content (AvgIpc) is 2.35. The Morgan fingerprint density at radius 1 is 1.53 bits per heavy atom. The fourth-order valence-corrected chi connectivity index (χ4v) is 1.91. The Morgan fingerprint density at radius 2 is 2.24 bits per heavy atom. The van der Waals surface area contributed by atoms with E-state index in [0.29, 0.717) is 11.9 Å². The summed E-state index contributed by atoms with van der Waals surface area (Å²) in [6, 6.07) is 3.52. The number of aromatic nitrogens is 2. The summed E-state index contributed by atoms with van der Waals surface area (Å²) in [5, 5.41) is 16.3. The number of anilines is 1. The summed E-state index contributed by atoms with van der Waals surface area (Å²) >= 11 is 1.81. The molecule has 1 N–H and O–H groups in total. The predicted molar refractivity (Wildman–Crippen MR) is 69.9 cm³/mol. The first-order valence-electron chi connectivity index (χ1n) is 5.35. The molecule has 5 nitrogen and oxygen atoms in total. The molecule has 94 valence electrons. The lowest BCUT2D eigenvalue weighted by Crippen LogP contribution is -2.30. The molecule has 1 aromatic rings. The molecule has 0 aromatic carbocycles. The molecule has 1 heterocycles. The molecule has 0 saturated heterocycles. The zero-order chi connectivity index (χ0) is 12.8. The first-order chi connectivity index (χ1) is 8.06. The fraction of sp³-hybridized carbons (Fsp3) is 0.545. The zero-order valence-electron chi connectivity index (χ0n) is 10.3. The highest BCUT2D eigenvalue weighted by atomic mass is 32.2. The van der Waals surface area contributed by atoms with E-state index < -0.39 is 5.97 Å². The molecule has 1 aromatic heterocycles. The number of rotatable bonds is 6. The molecule has 1 unspecified atom stereocenters. The minimum atomic E-state index is -1.05. The Balaban J connectivity index is 2.68. The van der Waals surface area contributed by atoms with Crippen LogP contribution in [0.15, 0.2) is 12.1 Å². The number of nitrogens with zero attached hydrogens (tertiary/aromatic N) is 3. The molecule has 1 atom stereocenters. The van der Waals surface area contributed by atoms with Crippen molar-refractivity contribution in [2.24, 2.45) is 0 Å². The van der Waals surface area contributed by atoms with E-state index in [2.05, 4.69) is 23.4 Å². The van der Waals surface area contributed by atoms with Crippen LogP contribution in [-0.4, -0.2) is 46.4 Å². The highest BCUT2D eigenvalue weighted by molar-refractivity contribution is 7.98. The van der Waals surface area contributed by atoms with Crippen molar-refractivity contribution in [3.05, 3.63) is 17.8 Å². The van der Waals surface area contributed by atoms with Crippen LogP contribution in [0.25, 0.3) is 0 Å². The maximum atomic E-state index is 10.6. The van der Waals surface area contributed by atoms with Gasteiger partial charge in [0.1, 0.15) is 0 Å². The Hall–Kier alpha value is -1.30. The predicted octanol–water partition coefficient (Wildman–Crippen LogP) is 1.75. The average molecular weight is 255 g/mol. The Morgan fingerprint density at radius 3 is 2.71 bits per heavy atom. The summed E-state index contributed by atoms with van der Waals surface area (Å²) < 4.78 is 0. The van der Waals surface area contributed by atoms with E-state index in [1.54, 1.807) is 6.07 Å². The number of carboxylic acids is 1. The van der Waals surface area contributed by atoms with Gasteiger partial charge in [-0.2, -0.15) is 11.8 Å². The van der Waals surface area contributed by atoms with Gasteiger partial charge in [-0.1, -0.05) is 0 Å². The molecule has 1 rings (SSSR count). The van der Waals surface area contributed by atoms with Gasteiger partial charge in [-0.15, -0.1) is 10.2 Å². The Labute approximate surface area is 105 Å². The molecular formula is C11H17N3O2S. The lowest BCUT2D eigenvalue weighted by molar-refractivity contribution is 0.0689. The van der Waals surface area contributed by atoms with Crippen LogP contribution >= 0.6 is 11.8 Å². The van der Waals surface area contributed by atoms with Crippen molar-refractivity contribution in [3.8, 4) is 0 Å². The van der Waals surface area contributed by atoms with Crippen LogP contribution in [0.1, 0.15) is 23.8 Å². The highest BCUT2D eigenvalue weighted by Crippen LogP contribution is 2.14. The van der Waals surface area contributed by atoms with E-state index in [1.165, 1.54) is 6.07 Å². The van der Waals surface area contributed by atoms with Gasteiger partial charge >= 0.3 is 5.97 Å². The van der Waals surface area contributed by atoms with Crippen molar-refractivity contribution >= 4 is 23.5 Å². The van der Waals surface area contributed by atoms with Crippen LogP contribution < -0.4 is 4.90 Å². The number of carbonyl (C=O) groups is 1. The highest BCUT2D eigenvalue weighted by Gasteiger charge is 2.12. The van der Waals surface area contributed by atoms with Gasteiger partial charge in [0.2, 0.25) is 0 Å². The summed E-state index contributed by atoms with van der Waals surface area (Å²) in [5.74, 6) is 0.734. The summed E-state index contributed by atoms with van der Waals surface area (Å²) in [6.07, 6.45) is 3.13. The second kappa shape index (κ2) is 6.44. The van der Waals surface area contributed by atoms with E-state index in [4.69, 9.17) is 5.11 Å². The maximum absolute atomic E-state index is 10.6. The van der Waals surface area contributed by atoms with Crippen LogP contribution in [-0.2, 0) is 0 Å². The number of hydrogen-bond acceptors (Lipinski definition) is 5. The maximum Gasteiger partial charge on any atom is 0.356 e. The molecule has 0 aliphatic rings. The molecule has 6 heteroatoms. The third-order valence-corrected chi connectivity index (χ3v) is 3.28. The van der Waals surface area contributed by atoms with Crippen molar-refractivity contribution in [1.29, 1.82) is 0 Å². The topological polar surface area (TPSA) is 66.3 Å². The van der Waals surface area contributed by atoms with Crippen molar-refractivity contribution in [3.63, 3.8) is 0 Å². The van der Waals surface area contributed by atoms with E-state index >= 15 is 0 Å². The summed E-state index contributed by atoms with van der Waals surface area (Å²) in [7, 11) is 1.94. The van der Waals surface area contributed by atoms with Crippen LogP contribution in [0.5, 0.6) is 0 Å². The number of thioether (sulfide) groups is 1. The second-order valence-corrected chi connectivity index (χ2v) is 4.81. The molecule has 0 aliphatic heterocycles. The summed E-state index contributed by atoms with van der Waals surface area (Å²) in [4.78, 5) is 12.6. The molecule has 0 saturated carbocycles. The second-order valence-electron chi connectivity index (χ2n) is 3.82. The molecular weight excluding hydrogens is 238 g/mol. The van der Waals surface area contributed by atoms with Gasteiger partial charge in [-0.3, -0.25) is 0 Å². The number of hydrogen-bond donors (Lipinski definition) is 1. The van der Waals surface area contributed by atoms with Crippen molar-refractivity contribution in [2.45, 2.75) is 19.4 Å². The molecule has 0 bridgehead atoms. The number of carboxylic acid groups (broad SMARTS) is 1. The standard InChI is InChI=1S/C11H17N3O2S/c1-8(6-7-17-3)14(2)10-5-4-9(11(15)16)12-13-10/h4-5,8H,6-7H2,1-3H3,(H,15,16). The summed E-state index contributed by atoms with van der Waals surface area (Å²) in [6.45, 7) is 2.11. The van der Waals surface area contributed by atoms with Crippen LogP contribution in [0.2, 0.25) is 0 Å². The minimum Gasteiger partial charge on any atom is -0.476 e.